The summed E-state index contributed by atoms with van der Waals surface area (Å²) in [6, 6.07) is 13.9. The second-order valence-corrected chi connectivity index (χ2v) is 5.65. The topological polar surface area (TPSA) is 50.7 Å². The third-order valence-electron chi connectivity index (χ3n) is 3.96. The smallest absolute Gasteiger partial charge is 0.282 e. The summed E-state index contributed by atoms with van der Waals surface area (Å²) in [5, 5.41) is 5.52. The number of rotatable bonds is 1. The first kappa shape index (κ1) is 12.8. The van der Waals surface area contributed by atoms with E-state index in [9.17, 15) is 4.79 Å². The van der Waals surface area contributed by atoms with E-state index < -0.39 is 0 Å². The maximum absolute atomic E-state index is 12.6. The van der Waals surface area contributed by atoms with Gasteiger partial charge in [-0.1, -0.05) is 29.8 Å². The lowest BCUT2D eigenvalue weighted by molar-refractivity contribution is 0.858. The molecule has 0 atom stereocenters. The molecule has 2 aromatic carbocycles. The molecule has 0 unspecified atom stereocenters. The van der Waals surface area contributed by atoms with E-state index >= 15 is 0 Å². The Kier molecular flexibility index (Phi) is 2.66. The molecule has 4 nitrogen and oxygen atoms in total. The molecule has 4 heteroatoms. The first-order chi connectivity index (χ1) is 10.6. The van der Waals surface area contributed by atoms with Gasteiger partial charge in [-0.05, 0) is 37.6 Å². The number of pyridine rings is 1. The molecular formula is C18H15N3O. The molecule has 0 saturated heterocycles. The van der Waals surface area contributed by atoms with Gasteiger partial charge in [-0.15, -0.1) is 0 Å². The minimum atomic E-state index is -0.0995. The minimum Gasteiger partial charge on any atom is -0.360 e. The summed E-state index contributed by atoms with van der Waals surface area (Å²) in [5.74, 6) is 0. The first-order valence-electron chi connectivity index (χ1n) is 7.21. The van der Waals surface area contributed by atoms with Gasteiger partial charge in [0.25, 0.3) is 5.56 Å². The quantitative estimate of drug-likeness (QED) is 0.583. The maximum atomic E-state index is 12.6. The average Bonchev–Trinajstić information content (AvgIpc) is 2.85. The van der Waals surface area contributed by atoms with Gasteiger partial charge in [-0.25, -0.2) is 0 Å². The van der Waals surface area contributed by atoms with Gasteiger partial charge in [0.1, 0.15) is 5.69 Å². The van der Waals surface area contributed by atoms with Gasteiger partial charge in [0.2, 0.25) is 0 Å². The standard InChI is InChI=1S/C18H15N3O/c1-11-3-6-13(7-4-11)21-18(22)15-10-19-16-9-12(2)5-8-14(16)17(15)20-21/h3-10,19H,1-2H3. The van der Waals surface area contributed by atoms with Crippen molar-refractivity contribution >= 4 is 10.9 Å². The van der Waals surface area contributed by atoms with Gasteiger partial charge in [0.05, 0.1) is 11.3 Å². The molecule has 2 aliphatic heterocycles. The summed E-state index contributed by atoms with van der Waals surface area (Å²) in [6.45, 7) is 4.06. The van der Waals surface area contributed by atoms with Gasteiger partial charge in [0.15, 0.2) is 0 Å². The Morgan fingerprint density at radius 2 is 1.73 bits per heavy atom. The van der Waals surface area contributed by atoms with Crippen LogP contribution in [0.3, 0.4) is 0 Å². The lowest BCUT2D eigenvalue weighted by Gasteiger charge is -2.03. The number of aromatic amines is 1. The molecule has 22 heavy (non-hydrogen) atoms. The van der Waals surface area contributed by atoms with Crippen LogP contribution in [0.4, 0.5) is 0 Å². The summed E-state index contributed by atoms with van der Waals surface area (Å²) in [5.41, 5.74) is 5.34. The second-order valence-electron chi connectivity index (χ2n) is 5.65. The molecule has 0 fully saturated rings. The molecule has 4 rings (SSSR count). The molecule has 2 aliphatic rings. The summed E-state index contributed by atoms with van der Waals surface area (Å²) >= 11 is 0. The number of nitrogens with one attached hydrogen (secondary N) is 1. The lowest BCUT2D eigenvalue weighted by atomic mass is 10.1. The Hall–Kier alpha value is -2.88. The van der Waals surface area contributed by atoms with Crippen LogP contribution in [-0.2, 0) is 0 Å². The molecule has 2 aromatic rings. The molecule has 0 spiro atoms. The zero-order valence-corrected chi connectivity index (χ0v) is 12.4. The van der Waals surface area contributed by atoms with Crippen LogP contribution < -0.4 is 5.56 Å². The maximum Gasteiger partial charge on any atom is 0.282 e. The normalized spacial score (nSPS) is 11.4. The van der Waals surface area contributed by atoms with E-state index in [2.05, 4.69) is 16.1 Å². The van der Waals surface area contributed by atoms with Crippen LogP contribution >= 0.6 is 0 Å². The number of hydrogen-bond acceptors (Lipinski definition) is 2. The second kappa shape index (κ2) is 4.56. The number of nitrogens with zero attached hydrogens (tertiary/aromatic N) is 2. The van der Waals surface area contributed by atoms with E-state index in [0.29, 0.717) is 5.56 Å². The highest BCUT2D eigenvalue weighted by molar-refractivity contribution is 5.93. The van der Waals surface area contributed by atoms with Gasteiger partial charge in [-0.3, -0.25) is 4.79 Å². The highest BCUT2D eigenvalue weighted by Crippen LogP contribution is 2.26. The molecule has 0 radical (unpaired) electrons. The van der Waals surface area contributed by atoms with Crippen LogP contribution in [0.5, 0.6) is 0 Å². The molecule has 0 aromatic heterocycles. The zero-order chi connectivity index (χ0) is 15.3. The molecule has 1 N–H and O–H groups in total. The summed E-state index contributed by atoms with van der Waals surface area (Å²) < 4.78 is 1.47. The number of aromatic nitrogens is 3. The van der Waals surface area contributed by atoms with Crippen LogP contribution in [-0.4, -0.2) is 14.8 Å². The fourth-order valence-corrected chi connectivity index (χ4v) is 2.74. The van der Waals surface area contributed by atoms with Crippen LogP contribution in [0.25, 0.3) is 27.8 Å². The minimum absolute atomic E-state index is 0.0995. The number of H-pyrrole nitrogens is 1. The molecular weight excluding hydrogens is 274 g/mol. The third kappa shape index (κ3) is 1.84. The highest BCUT2D eigenvalue weighted by atomic mass is 16.1. The van der Waals surface area contributed by atoms with E-state index in [1.807, 2.05) is 50.2 Å². The summed E-state index contributed by atoms with van der Waals surface area (Å²) in [4.78, 5) is 15.8. The molecule has 0 amide bonds. The number of benzene rings is 2. The van der Waals surface area contributed by atoms with E-state index in [-0.39, 0.29) is 5.56 Å². The van der Waals surface area contributed by atoms with E-state index in [1.54, 1.807) is 6.20 Å². The predicted molar refractivity (Wildman–Crippen MR) is 87.8 cm³/mol. The first-order valence-corrected chi connectivity index (χ1v) is 7.21. The predicted octanol–water partition coefficient (Wildman–Crippen LogP) is 3.44. The molecule has 0 bridgehead atoms. The van der Waals surface area contributed by atoms with Crippen LogP contribution in [0.1, 0.15) is 11.1 Å². The van der Waals surface area contributed by atoms with Gasteiger partial charge in [0, 0.05) is 17.1 Å². The molecule has 2 heterocycles. The van der Waals surface area contributed by atoms with Crippen molar-refractivity contribution in [2.75, 3.05) is 0 Å². The van der Waals surface area contributed by atoms with E-state index in [0.717, 1.165) is 27.8 Å². The molecule has 0 saturated carbocycles. The van der Waals surface area contributed by atoms with E-state index in [4.69, 9.17) is 0 Å². The monoisotopic (exact) mass is 289 g/mol. The molecule has 108 valence electrons. The van der Waals surface area contributed by atoms with Crippen LogP contribution in [0.2, 0.25) is 0 Å². The Labute approximate surface area is 127 Å². The Bertz CT molecular complexity index is 1010. The van der Waals surface area contributed by atoms with E-state index in [1.165, 1.54) is 10.2 Å². The lowest BCUT2D eigenvalue weighted by Crippen LogP contribution is -2.14. The average molecular weight is 289 g/mol. The Morgan fingerprint density at radius 3 is 2.50 bits per heavy atom. The largest absolute Gasteiger partial charge is 0.360 e. The molecule has 0 aliphatic carbocycles. The summed E-state index contributed by atoms with van der Waals surface area (Å²) in [7, 11) is 0. The van der Waals surface area contributed by atoms with Crippen molar-refractivity contribution in [1.29, 1.82) is 0 Å². The van der Waals surface area contributed by atoms with Crippen molar-refractivity contribution in [2.45, 2.75) is 13.8 Å². The fraction of sp³-hybridized carbons (Fsp3) is 0.111. The van der Waals surface area contributed by atoms with Gasteiger partial charge < -0.3 is 4.98 Å². The van der Waals surface area contributed by atoms with Crippen molar-refractivity contribution in [2.24, 2.45) is 0 Å². The van der Waals surface area contributed by atoms with Crippen LogP contribution in [0, 0.1) is 13.8 Å². The number of aryl methyl sites for hydroxylation is 2. The fourth-order valence-electron chi connectivity index (χ4n) is 2.74. The van der Waals surface area contributed by atoms with Crippen molar-refractivity contribution in [3.63, 3.8) is 0 Å². The van der Waals surface area contributed by atoms with Crippen molar-refractivity contribution in [3.05, 3.63) is 70.1 Å². The van der Waals surface area contributed by atoms with Crippen molar-refractivity contribution in [1.82, 2.24) is 14.8 Å². The van der Waals surface area contributed by atoms with Crippen LogP contribution in [0.15, 0.2) is 53.5 Å². The number of hydrogen-bond donors (Lipinski definition) is 1. The summed E-state index contributed by atoms with van der Waals surface area (Å²) in [6.07, 6.45) is 1.75. The number of fused-ring (bicyclic) bond motifs is 3. The van der Waals surface area contributed by atoms with Gasteiger partial charge >= 0.3 is 0 Å². The highest BCUT2D eigenvalue weighted by Gasteiger charge is 2.18. The third-order valence-corrected chi connectivity index (χ3v) is 3.96. The van der Waals surface area contributed by atoms with Crippen molar-refractivity contribution in [3.8, 4) is 16.9 Å². The Morgan fingerprint density at radius 1 is 1.00 bits per heavy atom. The van der Waals surface area contributed by atoms with Gasteiger partial charge in [-0.2, -0.15) is 9.78 Å². The zero-order valence-electron chi connectivity index (χ0n) is 12.4. The SMILES string of the molecule is Cc1ccc(-n2nc3c4ccc(C)cc4[nH]cc-3c2=O)cc1. The Balaban J connectivity index is 2.03. The van der Waals surface area contributed by atoms with Crippen molar-refractivity contribution < 1.29 is 0 Å².